The first-order valence-electron chi connectivity index (χ1n) is 8.59. The molecule has 0 aromatic heterocycles. The number of hydrogen-bond acceptors (Lipinski definition) is 3. The molecular weight excluding hydrogens is 300 g/mol. The molecule has 1 N–H and O–H groups in total. The van der Waals surface area contributed by atoms with Crippen molar-refractivity contribution in [3.63, 3.8) is 0 Å². The van der Waals surface area contributed by atoms with Crippen LogP contribution in [0.5, 0.6) is 0 Å². The molecule has 2 aliphatic rings. The van der Waals surface area contributed by atoms with E-state index in [4.69, 9.17) is 9.47 Å². The van der Waals surface area contributed by atoms with Crippen molar-refractivity contribution in [1.82, 2.24) is 0 Å². The van der Waals surface area contributed by atoms with Gasteiger partial charge in [-0.3, -0.25) is 0 Å². The first-order valence-corrected chi connectivity index (χ1v) is 8.59. The van der Waals surface area contributed by atoms with Gasteiger partial charge >= 0.3 is 0 Å². The van der Waals surface area contributed by atoms with E-state index in [9.17, 15) is 5.11 Å². The fourth-order valence-electron chi connectivity index (χ4n) is 3.80. The molecule has 1 saturated heterocycles. The number of ether oxygens (including phenoxy) is 2. The minimum Gasteiger partial charge on any atom is -0.388 e. The van der Waals surface area contributed by atoms with Crippen LogP contribution in [0.25, 0.3) is 0 Å². The second kappa shape index (κ2) is 5.69. The maximum absolute atomic E-state index is 11.0. The Morgan fingerprint density at radius 2 is 1.46 bits per heavy atom. The van der Waals surface area contributed by atoms with Crippen molar-refractivity contribution in [1.29, 1.82) is 0 Å². The van der Waals surface area contributed by atoms with Gasteiger partial charge in [-0.2, -0.15) is 0 Å². The predicted molar refractivity (Wildman–Crippen MR) is 92.5 cm³/mol. The normalized spacial score (nSPS) is 28.5. The molecule has 0 radical (unpaired) electrons. The summed E-state index contributed by atoms with van der Waals surface area (Å²) in [6, 6.07) is 20.1. The highest BCUT2D eigenvalue weighted by Crippen LogP contribution is 2.66. The average Bonchev–Trinajstić information content (AvgIpc) is 3.27. The summed E-state index contributed by atoms with van der Waals surface area (Å²) >= 11 is 0. The zero-order valence-electron chi connectivity index (χ0n) is 14.2. The maximum atomic E-state index is 11.0. The Morgan fingerprint density at radius 3 is 2.04 bits per heavy atom. The van der Waals surface area contributed by atoms with Crippen LogP contribution in [0.3, 0.4) is 0 Å². The van der Waals surface area contributed by atoms with E-state index in [1.54, 1.807) is 0 Å². The molecule has 1 heterocycles. The summed E-state index contributed by atoms with van der Waals surface area (Å²) in [5.41, 5.74) is 2.09. The summed E-state index contributed by atoms with van der Waals surface area (Å²) < 4.78 is 12.5. The molecule has 0 bridgehead atoms. The van der Waals surface area contributed by atoms with Crippen LogP contribution in [0.4, 0.5) is 0 Å². The summed E-state index contributed by atoms with van der Waals surface area (Å²) in [7, 11) is 0. The highest BCUT2D eigenvalue weighted by atomic mass is 16.7. The fourth-order valence-corrected chi connectivity index (χ4v) is 3.80. The summed E-state index contributed by atoms with van der Waals surface area (Å²) in [5.74, 6) is -0.727. The van der Waals surface area contributed by atoms with Crippen molar-refractivity contribution in [2.45, 2.75) is 31.7 Å². The van der Waals surface area contributed by atoms with E-state index in [0.29, 0.717) is 13.2 Å². The second-order valence-corrected chi connectivity index (χ2v) is 7.73. The number of benzene rings is 2. The molecule has 1 aliphatic carbocycles. The van der Waals surface area contributed by atoms with Crippen LogP contribution < -0.4 is 0 Å². The third kappa shape index (κ3) is 2.57. The lowest BCUT2D eigenvalue weighted by Crippen LogP contribution is -2.41. The minimum absolute atomic E-state index is 0.0112. The molecule has 2 aromatic rings. The van der Waals surface area contributed by atoms with Gasteiger partial charge in [0.05, 0.1) is 25.2 Å². The van der Waals surface area contributed by atoms with E-state index in [2.05, 4.69) is 26.0 Å². The average molecular weight is 324 g/mol. The Hall–Kier alpha value is -1.68. The molecule has 4 rings (SSSR count). The lowest BCUT2D eigenvalue weighted by molar-refractivity contribution is -0.257. The Bertz CT molecular complexity index is 686. The standard InChI is InChI=1S/C21H24O3/c1-20(2)13-23-21(24-14-20)17(15-9-5-3-6-10-15)18(21)19(22)16-11-7-4-8-12-16/h3-12,17-19,22H,13-14H2,1-2H3/t17-,18-,19?/m1/s1. The van der Waals surface area contributed by atoms with Crippen molar-refractivity contribution < 1.29 is 14.6 Å². The van der Waals surface area contributed by atoms with E-state index in [0.717, 1.165) is 11.1 Å². The molecule has 1 spiro atoms. The predicted octanol–water partition coefficient (Wildman–Crippen LogP) is 3.90. The van der Waals surface area contributed by atoms with Gasteiger partial charge in [-0.1, -0.05) is 74.5 Å². The molecule has 24 heavy (non-hydrogen) atoms. The summed E-state index contributed by atoms with van der Waals surface area (Å²) in [5, 5.41) is 11.0. The first kappa shape index (κ1) is 15.8. The Morgan fingerprint density at radius 1 is 0.917 bits per heavy atom. The van der Waals surface area contributed by atoms with Crippen LogP contribution in [0.15, 0.2) is 60.7 Å². The molecule has 3 atom stereocenters. The van der Waals surface area contributed by atoms with Crippen molar-refractivity contribution >= 4 is 0 Å². The number of rotatable bonds is 3. The van der Waals surface area contributed by atoms with Crippen LogP contribution >= 0.6 is 0 Å². The molecule has 0 amide bonds. The van der Waals surface area contributed by atoms with Crippen LogP contribution in [-0.2, 0) is 9.47 Å². The molecule has 1 aliphatic heterocycles. The van der Waals surface area contributed by atoms with Gasteiger partial charge in [-0.25, -0.2) is 0 Å². The molecule has 2 aromatic carbocycles. The van der Waals surface area contributed by atoms with Gasteiger partial charge in [0.1, 0.15) is 0 Å². The Kier molecular flexibility index (Phi) is 3.75. The molecule has 126 valence electrons. The third-order valence-electron chi connectivity index (χ3n) is 5.17. The molecule has 1 unspecified atom stereocenters. The Labute approximate surface area is 143 Å². The van der Waals surface area contributed by atoms with E-state index in [1.807, 2.05) is 48.5 Å². The van der Waals surface area contributed by atoms with Gasteiger partial charge in [-0.15, -0.1) is 0 Å². The molecule has 2 fully saturated rings. The molecular formula is C21H24O3. The molecule has 3 nitrogen and oxygen atoms in total. The van der Waals surface area contributed by atoms with E-state index in [-0.39, 0.29) is 17.3 Å². The SMILES string of the molecule is CC1(C)COC2(OC1)[C@H](c1ccccc1)[C@@H]2C(O)c1ccccc1. The number of aliphatic hydroxyl groups excluding tert-OH is 1. The minimum atomic E-state index is -0.702. The summed E-state index contributed by atoms with van der Waals surface area (Å²) in [4.78, 5) is 0. The van der Waals surface area contributed by atoms with Gasteiger partial charge in [0.2, 0.25) is 0 Å². The van der Waals surface area contributed by atoms with Crippen LogP contribution in [0.2, 0.25) is 0 Å². The molecule has 1 saturated carbocycles. The Balaban J connectivity index is 1.66. The van der Waals surface area contributed by atoms with Crippen LogP contribution in [0.1, 0.15) is 37.0 Å². The fraction of sp³-hybridized carbons (Fsp3) is 0.429. The van der Waals surface area contributed by atoms with Crippen molar-refractivity contribution in [2.75, 3.05) is 13.2 Å². The lowest BCUT2D eigenvalue weighted by Gasteiger charge is -2.36. The number of aliphatic hydroxyl groups is 1. The zero-order chi connectivity index (χ0) is 16.8. The smallest absolute Gasteiger partial charge is 0.182 e. The topological polar surface area (TPSA) is 38.7 Å². The van der Waals surface area contributed by atoms with Crippen molar-refractivity contribution in [3.8, 4) is 0 Å². The summed E-state index contributed by atoms with van der Waals surface area (Å²) in [6.45, 7) is 5.58. The van der Waals surface area contributed by atoms with Crippen LogP contribution in [-0.4, -0.2) is 24.1 Å². The van der Waals surface area contributed by atoms with E-state index in [1.165, 1.54) is 0 Å². The van der Waals surface area contributed by atoms with Gasteiger partial charge in [-0.05, 0) is 11.1 Å². The van der Waals surface area contributed by atoms with Gasteiger partial charge in [0, 0.05) is 11.3 Å². The second-order valence-electron chi connectivity index (χ2n) is 7.73. The van der Waals surface area contributed by atoms with E-state index < -0.39 is 11.9 Å². The van der Waals surface area contributed by atoms with E-state index >= 15 is 0 Å². The number of hydrogen-bond donors (Lipinski definition) is 1. The van der Waals surface area contributed by atoms with Crippen molar-refractivity contribution in [2.24, 2.45) is 11.3 Å². The van der Waals surface area contributed by atoms with Gasteiger partial charge < -0.3 is 14.6 Å². The van der Waals surface area contributed by atoms with Gasteiger partial charge in [0.15, 0.2) is 5.79 Å². The monoisotopic (exact) mass is 324 g/mol. The zero-order valence-corrected chi connectivity index (χ0v) is 14.2. The maximum Gasteiger partial charge on any atom is 0.182 e. The van der Waals surface area contributed by atoms with Crippen molar-refractivity contribution in [3.05, 3.63) is 71.8 Å². The largest absolute Gasteiger partial charge is 0.388 e. The highest BCUT2D eigenvalue weighted by Gasteiger charge is 2.72. The summed E-state index contributed by atoms with van der Waals surface area (Å²) in [6.07, 6.45) is -0.599. The highest BCUT2D eigenvalue weighted by molar-refractivity contribution is 5.36. The third-order valence-corrected chi connectivity index (χ3v) is 5.17. The molecule has 3 heteroatoms. The van der Waals surface area contributed by atoms with Gasteiger partial charge in [0.25, 0.3) is 0 Å². The lowest BCUT2D eigenvalue weighted by atomic mass is 9.95. The first-order chi connectivity index (χ1) is 11.5. The van der Waals surface area contributed by atoms with Crippen LogP contribution in [0, 0.1) is 11.3 Å². The quantitative estimate of drug-likeness (QED) is 0.930.